The van der Waals surface area contributed by atoms with Crippen molar-refractivity contribution in [3.63, 3.8) is 0 Å². The minimum absolute atomic E-state index is 0.127. The van der Waals surface area contributed by atoms with Gasteiger partial charge in [0.05, 0.1) is 35.2 Å². The summed E-state index contributed by atoms with van der Waals surface area (Å²) in [5, 5.41) is 14.1. The van der Waals surface area contributed by atoms with Crippen LogP contribution in [0.5, 0.6) is 0 Å². The van der Waals surface area contributed by atoms with E-state index in [9.17, 15) is 9.59 Å². The summed E-state index contributed by atoms with van der Waals surface area (Å²) in [7, 11) is 0. The van der Waals surface area contributed by atoms with Gasteiger partial charge in [0.1, 0.15) is 0 Å². The minimum Gasteiger partial charge on any atom is -0.341 e. The zero-order valence-corrected chi connectivity index (χ0v) is 14.8. The zero-order chi connectivity index (χ0) is 18.8. The highest BCUT2D eigenvalue weighted by molar-refractivity contribution is 7.99. The van der Waals surface area contributed by atoms with Gasteiger partial charge in [-0.25, -0.2) is 0 Å². The highest BCUT2D eigenvalue weighted by Crippen LogP contribution is 2.17. The first-order valence-corrected chi connectivity index (χ1v) is 8.97. The van der Waals surface area contributed by atoms with Gasteiger partial charge < -0.3 is 10.6 Å². The van der Waals surface area contributed by atoms with Crippen LogP contribution in [0.4, 0.5) is 5.69 Å². The first-order chi connectivity index (χ1) is 12.6. The van der Waals surface area contributed by atoms with Gasteiger partial charge in [-0.1, -0.05) is 30.2 Å². The number of carbonyl (C=O) groups excluding carboxylic acids is 2. The maximum Gasteiger partial charge on any atom is 0.254 e. The summed E-state index contributed by atoms with van der Waals surface area (Å²) in [6, 6.07) is 16.1. The molecule has 0 saturated carbocycles. The van der Waals surface area contributed by atoms with Gasteiger partial charge in [-0.15, -0.1) is 18.2 Å². The lowest BCUT2D eigenvalue weighted by Crippen LogP contribution is -2.25. The van der Waals surface area contributed by atoms with Crippen molar-refractivity contribution in [2.45, 2.75) is 5.75 Å². The lowest BCUT2D eigenvalue weighted by atomic mass is 10.1. The first kappa shape index (κ1) is 19.1. The number of hydrogen-bond acceptors (Lipinski definition) is 4. The van der Waals surface area contributed by atoms with Crippen LogP contribution in [-0.2, 0) is 10.5 Å². The van der Waals surface area contributed by atoms with Gasteiger partial charge in [0.2, 0.25) is 5.91 Å². The number of carbonyl (C=O) groups is 2. The highest BCUT2D eigenvalue weighted by Gasteiger charge is 2.12. The predicted octanol–water partition coefficient (Wildman–Crippen LogP) is 2.79. The molecule has 130 valence electrons. The molecule has 0 heterocycles. The van der Waals surface area contributed by atoms with Crippen molar-refractivity contribution in [3.05, 3.63) is 65.2 Å². The number of benzene rings is 2. The Balaban J connectivity index is 1.88. The summed E-state index contributed by atoms with van der Waals surface area (Å²) in [5.74, 6) is 2.72. The van der Waals surface area contributed by atoms with Crippen LogP contribution in [0.2, 0.25) is 0 Å². The van der Waals surface area contributed by atoms with Crippen LogP contribution in [0.3, 0.4) is 0 Å². The van der Waals surface area contributed by atoms with Gasteiger partial charge >= 0.3 is 0 Å². The normalized spacial score (nSPS) is 9.62. The molecule has 0 atom stereocenters. The van der Waals surface area contributed by atoms with Crippen LogP contribution in [0.1, 0.15) is 21.5 Å². The molecule has 2 aromatic rings. The van der Waals surface area contributed by atoms with E-state index in [4.69, 9.17) is 11.7 Å². The Kier molecular flexibility index (Phi) is 7.30. The molecule has 6 heteroatoms. The fraction of sp³-hybridized carbons (Fsp3) is 0.150. The molecule has 0 aliphatic heterocycles. The van der Waals surface area contributed by atoms with Gasteiger partial charge in [0.25, 0.3) is 5.91 Å². The molecule has 0 fully saturated rings. The number of nitriles is 1. The Hall–Kier alpha value is -3.22. The van der Waals surface area contributed by atoms with E-state index in [1.165, 1.54) is 11.8 Å². The quantitative estimate of drug-likeness (QED) is 0.741. The monoisotopic (exact) mass is 363 g/mol. The van der Waals surface area contributed by atoms with Crippen LogP contribution in [0.15, 0.2) is 48.5 Å². The number of rotatable bonds is 7. The Labute approximate surface area is 156 Å². The van der Waals surface area contributed by atoms with Crippen LogP contribution >= 0.6 is 11.8 Å². The Bertz CT molecular complexity index is 864. The molecule has 26 heavy (non-hydrogen) atoms. The van der Waals surface area contributed by atoms with Crippen molar-refractivity contribution in [2.75, 3.05) is 17.6 Å². The summed E-state index contributed by atoms with van der Waals surface area (Å²) >= 11 is 1.45. The average molecular weight is 363 g/mol. The maximum absolute atomic E-state index is 12.2. The predicted molar refractivity (Wildman–Crippen MR) is 104 cm³/mol. The minimum atomic E-state index is -0.330. The second-order valence-corrected chi connectivity index (χ2v) is 6.27. The van der Waals surface area contributed by atoms with Crippen LogP contribution in [0, 0.1) is 23.7 Å². The van der Waals surface area contributed by atoms with Crippen molar-refractivity contribution in [3.8, 4) is 18.4 Å². The number of amides is 2. The van der Waals surface area contributed by atoms with Crippen molar-refractivity contribution in [2.24, 2.45) is 0 Å². The fourth-order valence-electron chi connectivity index (χ4n) is 2.14. The molecule has 2 rings (SSSR count). The summed E-state index contributed by atoms with van der Waals surface area (Å²) < 4.78 is 0. The molecule has 0 spiro atoms. The van der Waals surface area contributed by atoms with Gasteiger partial charge in [0.15, 0.2) is 0 Å². The summed E-state index contributed by atoms with van der Waals surface area (Å²) in [6.45, 7) is 0.127. The van der Waals surface area contributed by atoms with Crippen molar-refractivity contribution < 1.29 is 9.59 Å². The first-order valence-electron chi connectivity index (χ1n) is 7.81. The van der Waals surface area contributed by atoms with Crippen molar-refractivity contribution >= 4 is 29.3 Å². The molecule has 5 nitrogen and oxygen atoms in total. The standard InChI is InChI=1S/C20H17N3O2S/c1-2-11-22-20(25)17-5-3-4-6-18(17)23-19(24)14-26-13-16-9-7-15(12-21)8-10-16/h1,3-10H,11,13-14H2,(H,22,25)(H,23,24). The van der Waals surface area contributed by atoms with E-state index in [1.54, 1.807) is 36.4 Å². The number of thioether (sulfide) groups is 1. The van der Waals surface area contributed by atoms with Gasteiger partial charge in [-0.05, 0) is 29.8 Å². The SMILES string of the molecule is C#CCNC(=O)c1ccccc1NC(=O)CSCc1ccc(C#N)cc1. The number of hydrogen-bond donors (Lipinski definition) is 2. The second kappa shape index (κ2) is 9.93. The van der Waals surface area contributed by atoms with Crippen LogP contribution in [-0.4, -0.2) is 24.1 Å². The Morgan fingerprint density at radius 1 is 1.12 bits per heavy atom. The summed E-state index contributed by atoms with van der Waals surface area (Å²) in [6.07, 6.45) is 5.14. The molecule has 0 aromatic heterocycles. The number of terminal acetylenes is 1. The molecule has 2 N–H and O–H groups in total. The molecular weight excluding hydrogens is 346 g/mol. The van der Waals surface area contributed by atoms with E-state index >= 15 is 0 Å². The fourth-order valence-corrected chi connectivity index (χ4v) is 2.93. The molecule has 0 aliphatic rings. The van der Waals surface area contributed by atoms with E-state index in [2.05, 4.69) is 22.6 Å². The van der Waals surface area contributed by atoms with Crippen molar-refractivity contribution in [1.29, 1.82) is 5.26 Å². The molecule has 0 saturated heterocycles. The van der Waals surface area contributed by atoms with E-state index in [0.29, 0.717) is 22.6 Å². The number of nitrogens with zero attached hydrogens (tertiary/aromatic N) is 1. The molecule has 0 radical (unpaired) electrons. The lowest BCUT2D eigenvalue weighted by Gasteiger charge is -2.10. The van der Waals surface area contributed by atoms with Crippen molar-refractivity contribution in [1.82, 2.24) is 5.32 Å². The van der Waals surface area contributed by atoms with Crippen LogP contribution < -0.4 is 10.6 Å². The third kappa shape index (κ3) is 5.70. The Morgan fingerprint density at radius 2 is 1.85 bits per heavy atom. The van der Waals surface area contributed by atoms with E-state index in [0.717, 1.165) is 5.56 Å². The van der Waals surface area contributed by atoms with Crippen LogP contribution in [0.25, 0.3) is 0 Å². The van der Waals surface area contributed by atoms with E-state index in [-0.39, 0.29) is 24.1 Å². The molecule has 2 aromatic carbocycles. The van der Waals surface area contributed by atoms with Gasteiger partial charge in [0, 0.05) is 5.75 Å². The molecule has 0 aliphatic carbocycles. The molecule has 0 bridgehead atoms. The van der Waals surface area contributed by atoms with E-state index in [1.807, 2.05) is 12.1 Å². The molecule has 0 unspecified atom stereocenters. The third-order valence-corrected chi connectivity index (χ3v) is 4.39. The lowest BCUT2D eigenvalue weighted by molar-refractivity contribution is -0.113. The molecule has 2 amide bonds. The number of nitrogens with one attached hydrogen (secondary N) is 2. The number of para-hydroxylation sites is 1. The second-order valence-electron chi connectivity index (χ2n) is 5.28. The topological polar surface area (TPSA) is 82.0 Å². The average Bonchev–Trinajstić information content (AvgIpc) is 2.67. The van der Waals surface area contributed by atoms with Gasteiger partial charge in [-0.3, -0.25) is 9.59 Å². The van der Waals surface area contributed by atoms with Gasteiger partial charge in [-0.2, -0.15) is 5.26 Å². The Morgan fingerprint density at radius 3 is 2.54 bits per heavy atom. The number of anilines is 1. The summed E-state index contributed by atoms with van der Waals surface area (Å²) in [4.78, 5) is 24.2. The highest BCUT2D eigenvalue weighted by atomic mass is 32.2. The summed E-state index contributed by atoms with van der Waals surface area (Å²) in [5.41, 5.74) is 2.46. The largest absolute Gasteiger partial charge is 0.341 e. The smallest absolute Gasteiger partial charge is 0.254 e. The zero-order valence-electron chi connectivity index (χ0n) is 14.0. The molecular formula is C20H17N3O2S. The van der Waals surface area contributed by atoms with E-state index < -0.39 is 0 Å². The third-order valence-electron chi connectivity index (χ3n) is 3.38. The maximum atomic E-state index is 12.2.